The van der Waals surface area contributed by atoms with Crippen molar-refractivity contribution in [2.75, 3.05) is 6.61 Å². The van der Waals surface area contributed by atoms with Crippen LogP contribution in [0.1, 0.15) is 46.0 Å². The summed E-state index contributed by atoms with van der Waals surface area (Å²) in [6.07, 6.45) is 8.57. The summed E-state index contributed by atoms with van der Waals surface area (Å²) in [5.41, 5.74) is 0.429. The third kappa shape index (κ3) is 3.34. The normalized spacial score (nSPS) is 18.4. The van der Waals surface area contributed by atoms with Gasteiger partial charge in [-0.15, -0.1) is 0 Å². The lowest BCUT2D eigenvalue weighted by Gasteiger charge is -2.31. The van der Waals surface area contributed by atoms with Crippen LogP contribution in [0, 0.1) is 11.3 Å². The lowest BCUT2D eigenvalue weighted by atomic mass is 9.79. The van der Waals surface area contributed by atoms with Crippen molar-refractivity contribution in [3.63, 3.8) is 0 Å². The Morgan fingerprint density at radius 1 is 1.39 bits per heavy atom. The van der Waals surface area contributed by atoms with Gasteiger partial charge in [-0.1, -0.05) is 26.7 Å². The van der Waals surface area contributed by atoms with Crippen molar-refractivity contribution in [3.8, 4) is 5.75 Å². The van der Waals surface area contributed by atoms with Gasteiger partial charge in [0.05, 0.1) is 22.2 Å². The molecule has 1 heterocycles. The van der Waals surface area contributed by atoms with E-state index in [0.717, 1.165) is 33.8 Å². The van der Waals surface area contributed by atoms with E-state index < -0.39 is 0 Å². The average molecular weight is 263 g/mol. The first-order valence-corrected chi connectivity index (χ1v) is 8.16. The standard InChI is InChI=1S/C15H25NOSi/c1-12(2)10-15(7-3-4-8-15)11-17-13-6-5-9-16-14(13)18/h5-6,9,12H,3-4,7-8,10-11H2,1-2,18H3. The number of pyridine rings is 1. The van der Waals surface area contributed by atoms with Gasteiger partial charge >= 0.3 is 0 Å². The predicted octanol–water partition coefficient (Wildman–Crippen LogP) is 2.06. The zero-order valence-corrected chi connectivity index (χ0v) is 13.9. The van der Waals surface area contributed by atoms with Crippen LogP contribution >= 0.6 is 0 Å². The summed E-state index contributed by atoms with van der Waals surface area (Å²) in [6, 6.07) is 4.04. The molecule has 3 heteroatoms. The number of hydrogen-bond acceptors (Lipinski definition) is 2. The average Bonchev–Trinajstić information content (AvgIpc) is 2.76. The van der Waals surface area contributed by atoms with Crippen LogP contribution in [-0.2, 0) is 0 Å². The maximum absolute atomic E-state index is 6.10. The summed E-state index contributed by atoms with van der Waals surface area (Å²) in [5, 5.41) is 1.13. The molecule has 18 heavy (non-hydrogen) atoms. The molecule has 0 spiro atoms. The number of rotatable bonds is 5. The molecular weight excluding hydrogens is 238 g/mol. The van der Waals surface area contributed by atoms with Gasteiger partial charge in [-0.3, -0.25) is 4.98 Å². The Morgan fingerprint density at radius 3 is 2.72 bits per heavy atom. The molecular formula is C15H25NOSi. The van der Waals surface area contributed by atoms with Crippen LogP contribution in [0.5, 0.6) is 5.75 Å². The van der Waals surface area contributed by atoms with E-state index >= 15 is 0 Å². The van der Waals surface area contributed by atoms with Gasteiger partial charge in [-0.25, -0.2) is 0 Å². The Kier molecular flexibility index (Phi) is 4.43. The van der Waals surface area contributed by atoms with E-state index in [4.69, 9.17) is 4.74 Å². The zero-order valence-electron chi connectivity index (χ0n) is 11.9. The van der Waals surface area contributed by atoms with E-state index in [0.29, 0.717) is 5.41 Å². The van der Waals surface area contributed by atoms with Crippen molar-refractivity contribution in [2.45, 2.75) is 46.0 Å². The van der Waals surface area contributed by atoms with Gasteiger partial charge in [0, 0.05) is 11.6 Å². The molecule has 0 aromatic carbocycles. The van der Waals surface area contributed by atoms with E-state index in [1.165, 1.54) is 32.1 Å². The van der Waals surface area contributed by atoms with Gasteiger partial charge in [0.2, 0.25) is 0 Å². The lowest BCUT2D eigenvalue weighted by molar-refractivity contribution is 0.123. The Labute approximate surface area is 114 Å². The fourth-order valence-electron chi connectivity index (χ4n) is 3.25. The van der Waals surface area contributed by atoms with Crippen molar-refractivity contribution < 1.29 is 4.74 Å². The van der Waals surface area contributed by atoms with E-state index in [2.05, 4.69) is 24.9 Å². The number of ether oxygens (including phenoxy) is 1. The Morgan fingerprint density at radius 2 is 2.11 bits per heavy atom. The summed E-state index contributed by atoms with van der Waals surface area (Å²) in [5.74, 6) is 1.77. The third-order valence-corrected chi connectivity index (χ3v) is 4.75. The van der Waals surface area contributed by atoms with E-state index in [1.54, 1.807) is 0 Å². The fraction of sp³-hybridized carbons (Fsp3) is 0.667. The lowest BCUT2D eigenvalue weighted by Crippen LogP contribution is -2.28. The van der Waals surface area contributed by atoms with Crippen LogP contribution in [0.15, 0.2) is 18.3 Å². The van der Waals surface area contributed by atoms with Crippen LogP contribution in [0.2, 0.25) is 0 Å². The highest BCUT2D eigenvalue weighted by atomic mass is 28.1. The molecule has 0 radical (unpaired) electrons. The molecule has 0 saturated heterocycles. The van der Waals surface area contributed by atoms with Crippen molar-refractivity contribution in [2.24, 2.45) is 11.3 Å². The number of hydrogen-bond donors (Lipinski definition) is 0. The van der Waals surface area contributed by atoms with Crippen molar-refractivity contribution in [1.29, 1.82) is 0 Å². The van der Waals surface area contributed by atoms with Crippen LogP contribution in [0.25, 0.3) is 0 Å². The topological polar surface area (TPSA) is 22.1 Å². The maximum Gasteiger partial charge on any atom is 0.135 e. The summed E-state index contributed by atoms with van der Waals surface area (Å²) < 4.78 is 6.10. The minimum Gasteiger partial charge on any atom is -0.492 e. The number of nitrogens with zero attached hydrogens (tertiary/aromatic N) is 1. The Bertz CT molecular complexity index is 386. The van der Waals surface area contributed by atoms with Gasteiger partial charge in [-0.05, 0) is 37.3 Å². The Balaban J connectivity index is 2.00. The zero-order chi connectivity index (χ0) is 13.0. The molecule has 1 fully saturated rings. The second-order valence-electron chi connectivity index (χ2n) is 6.18. The summed E-state index contributed by atoms with van der Waals surface area (Å²) >= 11 is 0. The molecule has 1 aliphatic carbocycles. The van der Waals surface area contributed by atoms with Crippen LogP contribution in [-0.4, -0.2) is 21.8 Å². The summed E-state index contributed by atoms with van der Waals surface area (Å²) in [6.45, 7) is 5.52. The minimum atomic E-state index is 0.429. The summed E-state index contributed by atoms with van der Waals surface area (Å²) in [4.78, 5) is 4.34. The first-order valence-electron chi connectivity index (χ1n) is 7.16. The Hall–Kier alpha value is -0.833. The van der Waals surface area contributed by atoms with Crippen molar-refractivity contribution >= 4 is 15.6 Å². The van der Waals surface area contributed by atoms with Gasteiger partial charge in [0.15, 0.2) is 0 Å². The van der Waals surface area contributed by atoms with Crippen LogP contribution < -0.4 is 10.1 Å². The molecule has 0 unspecified atom stereocenters. The van der Waals surface area contributed by atoms with Gasteiger partial charge < -0.3 is 4.74 Å². The van der Waals surface area contributed by atoms with Gasteiger partial charge in [0.1, 0.15) is 5.75 Å². The highest BCUT2D eigenvalue weighted by molar-refractivity contribution is 6.32. The molecule has 2 rings (SSSR count). The van der Waals surface area contributed by atoms with Crippen LogP contribution in [0.4, 0.5) is 0 Å². The predicted molar refractivity (Wildman–Crippen MR) is 79.7 cm³/mol. The summed E-state index contributed by atoms with van der Waals surface area (Å²) in [7, 11) is 0.957. The molecule has 100 valence electrons. The van der Waals surface area contributed by atoms with E-state index in [9.17, 15) is 0 Å². The molecule has 0 aliphatic heterocycles. The van der Waals surface area contributed by atoms with E-state index in [-0.39, 0.29) is 0 Å². The van der Waals surface area contributed by atoms with E-state index in [1.807, 2.05) is 12.3 Å². The van der Waals surface area contributed by atoms with Gasteiger partial charge in [-0.2, -0.15) is 0 Å². The monoisotopic (exact) mass is 263 g/mol. The molecule has 0 N–H and O–H groups in total. The quantitative estimate of drug-likeness (QED) is 0.759. The molecule has 1 aromatic rings. The van der Waals surface area contributed by atoms with Crippen molar-refractivity contribution in [3.05, 3.63) is 18.3 Å². The largest absolute Gasteiger partial charge is 0.492 e. The third-order valence-electron chi connectivity index (χ3n) is 4.00. The molecule has 1 aromatic heterocycles. The minimum absolute atomic E-state index is 0.429. The molecule has 1 saturated carbocycles. The molecule has 0 atom stereocenters. The highest BCUT2D eigenvalue weighted by Gasteiger charge is 2.35. The second kappa shape index (κ2) is 5.87. The highest BCUT2D eigenvalue weighted by Crippen LogP contribution is 2.43. The first-order chi connectivity index (χ1) is 8.61. The molecule has 1 aliphatic rings. The van der Waals surface area contributed by atoms with Crippen molar-refractivity contribution in [1.82, 2.24) is 4.98 Å². The maximum atomic E-state index is 6.10. The fourth-order valence-corrected chi connectivity index (χ4v) is 3.71. The smallest absolute Gasteiger partial charge is 0.135 e. The van der Waals surface area contributed by atoms with Crippen LogP contribution in [0.3, 0.4) is 0 Å². The first kappa shape index (κ1) is 13.6. The van der Waals surface area contributed by atoms with Gasteiger partial charge in [0.25, 0.3) is 0 Å². The second-order valence-corrected chi connectivity index (χ2v) is 7.13. The molecule has 2 nitrogen and oxygen atoms in total. The molecule has 0 bridgehead atoms. The molecule has 0 amide bonds. The number of aromatic nitrogens is 1. The SMILES string of the molecule is CC(C)CC1(COc2cccnc2[SiH3])CCCC1.